The van der Waals surface area contributed by atoms with Gasteiger partial charge in [-0.05, 0) is 11.6 Å². The fourth-order valence-electron chi connectivity index (χ4n) is 2.38. The highest BCUT2D eigenvalue weighted by molar-refractivity contribution is 6.11. The second-order valence-corrected chi connectivity index (χ2v) is 5.14. The van der Waals surface area contributed by atoms with E-state index in [1.165, 1.54) is 6.07 Å². The predicted octanol–water partition coefficient (Wildman–Crippen LogP) is 5.23. The molecular weight excluding hydrogens is 287 g/mol. The largest absolute Gasteiger partial charge is 0.289 e. The van der Waals surface area contributed by atoms with Gasteiger partial charge < -0.3 is 0 Å². The molecule has 0 unspecified atom stereocenters. The third kappa shape index (κ3) is 3.43. The minimum absolute atomic E-state index is 0.0422. The van der Waals surface area contributed by atoms with Gasteiger partial charge in [-0.25, -0.2) is 4.39 Å². The summed E-state index contributed by atoms with van der Waals surface area (Å²) in [4.78, 5) is 12.6. The Morgan fingerprint density at radius 2 is 1.26 bits per heavy atom. The van der Waals surface area contributed by atoms with Gasteiger partial charge in [-0.2, -0.15) is 0 Å². The van der Waals surface area contributed by atoms with Gasteiger partial charge >= 0.3 is 0 Å². The number of halogens is 1. The fourth-order valence-corrected chi connectivity index (χ4v) is 2.38. The van der Waals surface area contributed by atoms with Crippen molar-refractivity contribution in [3.05, 3.63) is 107 Å². The number of carbonyl (C=O) groups is 1. The second-order valence-electron chi connectivity index (χ2n) is 5.14. The molecule has 0 heterocycles. The zero-order chi connectivity index (χ0) is 16.1. The fraction of sp³-hybridized carbons (Fsp3) is 0. The van der Waals surface area contributed by atoms with Crippen LogP contribution >= 0.6 is 0 Å². The van der Waals surface area contributed by atoms with Crippen LogP contribution in [0.5, 0.6) is 0 Å². The van der Waals surface area contributed by atoms with Gasteiger partial charge in [0, 0.05) is 16.7 Å². The average molecular weight is 302 g/mol. The van der Waals surface area contributed by atoms with Crippen molar-refractivity contribution in [3.63, 3.8) is 0 Å². The summed E-state index contributed by atoms with van der Waals surface area (Å²) in [6.07, 6.45) is 3.46. The van der Waals surface area contributed by atoms with E-state index in [1.807, 2.05) is 36.4 Å². The van der Waals surface area contributed by atoms with Gasteiger partial charge in [-0.3, -0.25) is 4.79 Å². The van der Waals surface area contributed by atoms with Crippen LogP contribution in [0.2, 0.25) is 0 Å². The smallest absolute Gasteiger partial charge is 0.193 e. The first-order valence-electron chi connectivity index (χ1n) is 7.37. The van der Waals surface area contributed by atoms with Crippen LogP contribution in [0.1, 0.15) is 27.0 Å². The van der Waals surface area contributed by atoms with Crippen molar-refractivity contribution in [2.45, 2.75) is 0 Å². The first-order chi connectivity index (χ1) is 11.3. The molecule has 3 aromatic carbocycles. The highest BCUT2D eigenvalue weighted by Gasteiger charge is 2.11. The van der Waals surface area contributed by atoms with Crippen LogP contribution < -0.4 is 0 Å². The van der Waals surface area contributed by atoms with E-state index < -0.39 is 0 Å². The number of carbonyl (C=O) groups excluding carboxylic acids is 1. The van der Waals surface area contributed by atoms with E-state index in [2.05, 4.69) is 0 Å². The van der Waals surface area contributed by atoms with Crippen LogP contribution in [0.3, 0.4) is 0 Å². The van der Waals surface area contributed by atoms with E-state index >= 15 is 0 Å². The van der Waals surface area contributed by atoms with Crippen LogP contribution in [0.15, 0.2) is 78.9 Å². The molecule has 3 aromatic rings. The average Bonchev–Trinajstić information content (AvgIpc) is 2.61. The molecule has 0 fully saturated rings. The molecule has 23 heavy (non-hydrogen) atoms. The number of hydrogen-bond donors (Lipinski definition) is 0. The van der Waals surface area contributed by atoms with Gasteiger partial charge in [0.15, 0.2) is 5.78 Å². The van der Waals surface area contributed by atoms with Crippen LogP contribution in [0, 0.1) is 5.82 Å². The van der Waals surface area contributed by atoms with Gasteiger partial charge in [0.2, 0.25) is 0 Å². The minimum atomic E-state index is -0.282. The number of hydrogen-bond acceptors (Lipinski definition) is 1. The molecule has 0 radical (unpaired) electrons. The first kappa shape index (κ1) is 14.9. The van der Waals surface area contributed by atoms with E-state index in [4.69, 9.17) is 0 Å². The molecule has 0 aromatic heterocycles. The molecule has 0 aliphatic heterocycles. The summed E-state index contributed by atoms with van der Waals surface area (Å²) in [5.41, 5.74) is 2.50. The molecule has 0 aliphatic carbocycles. The lowest BCUT2D eigenvalue weighted by Crippen LogP contribution is -2.03. The Labute approximate surface area is 134 Å². The third-order valence-electron chi connectivity index (χ3n) is 3.59. The molecule has 0 saturated carbocycles. The molecule has 0 atom stereocenters. The van der Waals surface area contributed by atoms with Crippen molar-refractivity contribution >= 4 is 17.9 Å². The molecule has 3 rings (SSSR count). The molecule has 0 spiro atoms. The minimum Gasteiger partial charge on any atom is -0.289 e. The molecule has 1 nitrogen and oxygen atoms in total. The molecule has 112 valence electrons. The Bertz CT molecular complexity index is 850. The molecule has 0 aliphatic rings. The molecule has 2 heteroatoms. The van der Waals surface area contributed by atoms with Crippen LogP contribution in [-0.4, -0.2) is 5.78 Å². The molecule has 0 saturated heterocycles. The Hall–Kier alpha value is -3.00. The third-order valence-corrected chi connectivity index (χ3v) is 3.59. The lowest BCUT2D eigenvalue weighted by atomic mass is 9.97. The Morgan fingerprint density at radius 3 is 2.00 bits per heavy atom. The maximum atomic E-state index is 13.7. The number of ketones is 1. The maximum Gasteiger partial charge on any atom is 0.193 e. The monoisotopic (exact) mass is 302 g/mol. The zero-order valence-electron chi connectivity index (χ0n) is 12.4. The van der Waals surface area contributed by atoms with Crippen LogP contribution in [0.4, 0.5) is 4.39 Å². The van der Waals surface area contributed by atoms with Crippen molar-refractivity contribution in [2.24, 2.45) is 0 Å². The van der Waals surface area contributed by atoms with Crippen LogP contribution in [-0.2, 0) is 0 Å². The van der Waals surface area contributed by atoms with E-state index in [9.17, 15) is 9.18 Å². The highest BCUT2D eigenvalue weighted by Crippen LogP contribution is 2.18. The number of rotatable bonds is 4. The normalized spacial score (nSPS) is 10.8. The summed E-state index contributed by atoms with van der Waals surface area (Å²) < 4.78 is 13.7. The summed E-state index contributed by atoms with van der Waals surface area (Å²) in [5.74, 6) is -0.324. The van der Waals surface area contributed by atoms with E-state index in [0.717, 1.165) is 5.56 Å². The number of benzene rings is 3. The van der Waals surface area contributed by atoms with Crippen molar-refractivity contribution in [1.82, 2.24) is 0 Å². The van der Waals surface area contributed by atoms with Gasteiger partial charge in [-0.1, -0.05) is 84.9 Å². The van der Waals surface area contributed by atoms with E-state index in [0.29, 0.717) is 16.7 Å². The quantitative estimate of drug-likeness (QED) is 0.476. The van der Waals surface area contributed by atoms with Crippen molar-refractivity contribution in [3.8, 4) is 0 Å². The molecule has 0 bridgehead atoms. The van der Waals surface area contributed by atoms with E-state index in [1.54, 1.807) is 48.6 Å². The highest BCUT2D eigenvalue weighted by atomic mass is 19.1. The summed E-state index contributed by atoms with van der Waals surface area (Å²) in [7, 11) is 0. The molecular formula is C21H15FO. The summed E-state index contributed by atoms with van der Waals surface area (Å²) in [5, 5.41) is 0. The first-order valence-corrected chi connectivity index (χ1v) is 7.37. The van der Waals surface area contributed by atoms with Crippen molar-refractivity contribution in [2.75, 3.05) is 0 Å². The van der Waals surface area contributed by atoms with Gasteiger partial charge in [-0.15, -0.1) is 0 Å². The topological polar surface area (TPSA) is 17.1 Å². The van der Waals surface area contributed by atoms with Crippen LogP contribution in [0.25, 0.3) is 12.2 Å². The van der Waals surface area contributed by atoms with Crippen molar-refractivity contribution in [1.29, 1.82) is 0 Å². The summed E-state index contributed by atoms with van der Waals surface area (Å²) in [6, 6.07) is 23.0. The van der Waals surface area contributed by atoms with Gasteiger partial charge in [0.1, 0.15) is 5.82 Å². The Morgan fingerprint density at radius 1 is 0.696 bits per heavy atom. The summed E-state index contributed by atoms with van der Waals surface area (Å²) >= 11 is 0. The van der Waals surface area contributed by atoms with Crippen molar-refractivity contribution < 1.29 is 9.18 Å². The molecule has 0 N–H and O–H groups in total. The van der Waals surface area contributed by atoms with Gasteiger partial charge in [0.25, 0.3) is 0 Å². The molecule has 0 amide bonds. The van der Waals surface area contributed by atoms with E-state index in [-0.39, 0.29) is 11.6 Å². The lowest BCUT2D eigenvalue weighted by molar-refractivity contribution is 0.103. The second kappa shape index (κ2) is 6.84. The zero-order valence-corrected chi connectivity index (χ0v) is 12.4. The SMILES string of the molecule is O=C(c1ccccc1)c1ccccc1C=Cc1ccccc1F. The standard InChI is InChI=1S/C21H15FO/c22-20-13-7-5-9-17(20)15-14-16-8-4-6-12-19(16)21(23)18-10-2-1-3-11-18/h1-15H. The lowest BCUT2D eigenvalue weighted by Gasteiger charge is -2.05. The summed E-state index contributed by atoms with van der Waals surface area (Å²) in [6.45, 7) is 0. The maximum absolute atomic E-state index is 13.7. The predicted molar refractivity (Wildman–Crippen MR) is 91.6 cm³/mol. The Kier molecular flexibility index (Phi) is 4.44. The van der Waals surface area contributed by atoms with Gasteiger partial charge in [0.05, 0.1) is 0 Å². The Balaban J connectivity index is 1.96.